The minimum atomic E-state index is -0.0716. The molecule has 21 heavy (non-hydrogen) atoms. The molecular weight excluding hydrogens is 300 g/mol. The monoisotopic (exact) mass is 314 g/mol. The molecule has 0 spiro atoms. The van der Waals surface area contributed by atoms with Crippen LogP contribution in [-0.4, -0.2) is 16.1 Å². The second-order valence-corrected chi connectivity index (χ2v) is 6.53. The first-order valence-corrected chi connectivity index (χ1v) is 7.87. The first kappa shape index (κ1) is 14.1. The van der Waals surface area contributed by atoms with Crippen LogP contribution in [0.2, 0.25) is 0 Å². The van der Waals surface area contributed by atoms with Crippen molar-refractivity contribution >= 4 is 40.6 Å². The lowest BCUT2D eigenvalue weighted by Crippen LogP contribution is -2.24. The summed E-state index contributed by atoms with van der Waals surface area (Å²) in [6, 6.07) is 15.4. The van der Waals surface area contributed by atoms with E-state index in [-0.39, 0.29) is 11.2 Å². The second-order valence-electron chi connectivity index (χ2n) is 4.85. The molecule has 0 aliphatic carbocycles. The fraction of sp³-hybridized carbons (Fsp3) is 0.125. The summed E-state index contributed by atoms with van der Waals surface area (Å²) in [5, 5.41) is 2.87. The third-order valence-electron chi connectivity index (χ3n) is 3.38. The topological polar surface area (TPSA) is 55.1 Å². The zero-order valence-electron chi connectivity index (χ0n) is 11.2. The fourth-order valence-electron chi connectivity index (χ4n) is 2.27. The van der Waals surface area contributed by atoms with Crippen LogP contribution in [0.4, 0.5) is 5.69 Å². The number of fused-ring (bicyclic) bond motifs is 1. The maximum Gasteiger partial charge on any atom is 0.238 e. The summed E-state index contributed by atoms with van der Waals surface area (Å²) in [4.78, 5) is 13.9. The van der Waals surface area contributed by atoms with E-state index >= 15 is 0 Å². The normalized spacial score (nSPS) is 16.3. The predicted molar refractivity (Wildman–Crippen MR) is 90.8 cm³/mol. The highest BCUT2D eigenvalue weighted by molar-refractivity contribution is 8.01. The quantitative estimate of drug-likeness (QED) is 0.855. The van der Waals surface area contributed by atoms with Gasteiger partial charge in [-0.1, -0.05) is 30.4 Å². The number of anilines is 1. The van der Waals surface area contributed by atoms with Crippen molar-refractivity contribution < 1.29 is 4.79 Å². The molecule has 5 heteroatoms. The van der Waals surface area contributed by atoms with Gasteiger partial charge in [0.1, 0.15) is 4.99 Å². The lowest BCUT2D eigenvalue weighted by molar-refractivity contribution is -0.115. The molecule has 1 amide bonds. The molecular formula is C16H14N2OS2. The fourth-order valence-corrected chi connectivity index (χ4v) is 3.60. The van der Waals surface area contributed by atoms with Crippen LogP contribution in [0.15, 0.2) is 53.4 Å². The molecule has 0 saturated heterocycles. The molecule has 0 fully saturated rings. The van der Waals surface area contributed by atoms with Crippen molar-refractivity contribution in [1.82, 2.24) is 0 Å². The Morgan fingerprint density at radius 2 is 1.90 bits per heavy atom. The number of nitrogens with one attached hydrogen (secondary N) is 1. The number of hydrogen-bond acceptors (Lipinski definition) is 3. The summed E-state index contributed by atoms with van der Waals surface area (Å²) in [5.41, 5.74) is 8.35. The van der Waals surface area contributed by atoms with Gasteiger partial charge in [0.15, 0.2) is 0 Å². The molecule has 2 aromatic carbocycles. The van der Waals surface area contributed by atoms with Crippen molar-refractivity contribution in [3.8, 4) is 0 Å². The maximum atomic E-state index is 12.3. The summed E-state index contributed by atoms with van der Waals surface area (Å²) in [6.45, 7) is 0. The van der Waals surface area contributed by atoms with Crippen molar-refractivity contribution in [2.75, 3.05) is 5.32 Å². The molecule has 0 bridgehead atoms. The Morgan fingerprint density at radius 1 is 1.19 bits per heavy atom. The second kappa shape index (κ2) is 5.87. The minimum absolute atomic E-state index is 0.0271. The molecule has 2 aromatic rings. The highest BCUT2D eigenvalue weighted by Crippen LogP contribution is 2.37. The first-order chi connectivity index (χ1) is 10.1. The van der Waals surface area contributed by atoms with Crippen LogP contribution < -0.4 is 11.1 Å². The van der Waals surface area contributed by atoms with Crippen LogP contribution in [0.5, 0.6) is 0 Å². The van der Waals surface area contributed by atoms with Crippen molar-refractivity contribution in [1.29, 1.82) is 0 Å². The third kappa shape index (κ3) is 3.09. The minimum Gasteiger partial charge on any atom is -0.389 e. The van der Waals surface area contributed by atoms with Gasteiger partial charge in [0.2, 0.25) is 5.91 Å². The van der Waals surface area contributed by atoms with E-state index < -0.39 is 0 Å². The molecule has 106 valence electrons. The number of hydrogen-bond donors (Lipinski definition) is 2. The van der Waals surface area contributed by atoms with Gasteiger partial charge in [0, 0.05) is 16.1 Å². The number of benzene rings is 2. The predicted octanol–water partition coefficient (Wildman–Crippen LogP) is 2.98. The van der Waals surface area contributed by atoms with Crippen LogP contribution >= 0.6 is 24.0 Å². The zero-order chi connectivity index (χ0) is 14.8. The SMILES string of the molecule is NC(=S)c1ccc(NC(=O)C2Cc3ccccc3S2)cc1. The average molecular weight is 314 g/mol. The third-order valence-corrected chi connectivity index (χ3v) is 4.93. The van der Waals surface area contributed by atoms with E-state index in [1.54, 1.807) is 11.8 Å². The number of amides is 1. The molecule has 1 heterocycles. The summed E-state index contributed by atoms with van der Waals surface area (Å²) >= 11 is 6.53. The lowest BCUT2D eigenvalue weighted by atomic mass is 10.1. The van der Waals surface area contributed by atoms with Crippen LogP contribution in [0.1, 0.15) is 11.1 Å². The number of rotatable bonds is 3. The zero-order valence-corrected chi connectivity index (χ0v) is 12.8. The molecule has 3 rings (SSSR count). The van der Waals surface area contributed by atoms with Gasteiger partial charge >= 0.3 is 0 Å². The van der Waals surface area contributed by atoms with Crippen molar-refractivity contribution in [2.24, 2.45) is 5.73 Å². The van der Waals surface area contributed by atoms with E-state index in [0.29, 0.717) is 4.99 Å². The lowest BCUT2D eigenvalue weighted by Gasteiger charge is -2.10. The molecule has 0 aromatic heterocycles. The largest absolute Gasteiger partial charge is 0.389 e. The highest BCUT2D eigenvalue weighted by atomic mass is 32.2. The van der Waals surface area contributed by atoms with Gasteiger partial charge in [-0.15, -0.1) is 11.8 Å². The van der Waals surface area contributed by atoms with E-state index in [0.717, 1.165) is 17.7 Å². The Bertz CT molecular complexity index is 673. The maximum absolute atomic E-state index is 12.3. The molecule has 1 aliphatic heterocycles. The molecule has 3 N–H and O–H groups in total. The molecule has 1 atom stereocenters. The van der Waals surface area contributed by atoms with Gasteiger partial charge in [-0.2, -0.15) is 0 Å². The van der Waals surface area contributed by atoms with Gasteiger partial charge in [0.25, 0.3) is 0 Å². The van der Waals surface area contributed by atoms with E-state index in [1.165, 1.54) is 10.5 Å². The smallest absolute Gasteiger partial charge is 0.238 e. The van der Waals surface area contributed by atoms with Crippen LogP contribution in [0.25, 0.3) is 0 Å². The van der Waals surface area contributed by atoms with Crippen LogP contribution in [0.3, 0.4) is 0 Å². The van der Waals surface area contributed by atoms with Gasteiger partial charge in [-0.25, -0.2) is 0 Å². The number of thioether (sulfide) groups is 1. The van der Waals surface area contributed by atoms with Crippen LogP contribution in [-0.2, 0) is 11.2 Å². The van der Waals surface area contributed by atoms with Crippen LogP contribution in [0, 0.1) is 0 Å². The Labute approximate surface area is 132 Å². The van der Waals surface area contributed by atoms with Crippen molar-refractivity contribution in [2.45, 2.75) is 16.6 Å². The van der Waals surface area contributed by atoms with E-state index in [4.69, 9.17) is 18.0 Å². The summed E-state index contributed by atoms with van der Waals surface area (Å²) in [7, 11) is 0. The summed E-state index contributed by atoms with van der Waals surface area (Å²) < 4.78 is 0. The van der Waals surface area contributed by atoms with Gasteiger partial charge in [-0.05, 0) is 42.3 Å². The van der Waals surface area contributed by atoms with E-state index in [9.17, 15) is 4.79 Å². The van der Waals surface area contributed by atoms with Gasteiger partial charge in [-0.3, -0.25) is 4.79 Å². The molecule has 1 unspecified atom stereocenters. The van der Waals surface area contributed by atoms with Gasteiger partial charge < -0.3 is 11.1 Å². The molecule has 1 aliphatic rings. The number of nitrogens with two attached hydrogens (primary N) is 1. The van der Waals surface area contributed by atoms with E-state index in [1.807, 2.05) is 36.4 Å². The Morgan fingerprint density at radius 3 is 2.57 bits per heavy atom. The standard InChI is InChI=1S/C16H14N2OS2/c17-15(20)10-5-7-12(8-6-10)18-16(19)14-9-11-3-1-2-4-13(11)21-14/h1-8,14H,9H2,(H2,17,20)(H,18,19). The summed E-state index contributed by atoms with van der Waals surface area (Å²) in [5.74, 6) is 0.0271. The van der Waals surface area contributed by atoms with Crippen molar-refractivity contribution in [3.05, 3.63) is 59.7 Å². The Hall–Kier alpha value is -1.85. The first-order valence-electron chi connectivity index (χ1n) is 6.59. The van der Waals surface area contributed by atoms with Gasteiger partial charge in [0.05, 0.1) is 5.25 Å². The molecule has 3 nitrogen and oxygen atoms in total. The highest BCUT2D eigenvalue weighted by Gasteiger charge is 2.27. The van der Waals surface area contributed by atoms with E-state index in [2.05, 4.69) is 17.4 Å². The average Bonchev–Trinajstić information content (AvgIpc) is 2.92. The Kier molecular flexibility index (Phi) is 3.94. The number of thiocarbonyl (C=S) groups is 1. The number of carbonyl (C=O) groups excluding carboxylic acids is 1. The molecule has 0 radical (unpaired) electrons. The van der Waals surface area contributed by atoms with Crippen molar-refractivity contribution in [3.63, 3.8) is 0 Å². The summed E-state index contributed by atoms with van der Waals surface area (Å²) in [6.07, 6.45) is 0.775. The number of carbonyl (C=O) groups is 1. The Balaban J connectivity index is 1.66. The molecule has 0 saturated carbocycles.